The van der Waals surface area contributed by atoms with Crippen LogP contribution in [0.1, 0.15) is 23.7 Å². The zero-order valence-electron chi connectivity index (χ0n) is 15.6. The van der Waals surface area contributed by atoms with Crippen molar-refractivity contribution >= 4 is 16.9 Å². The van der Waals surface area contributed by atoms with Crippen LogP contribution < -0.4 is 11.2 Å². The van der Waals surface area contributed by atoms with Crippen LogP contribution in [0.15, 0.2) is 34.0 Å². The number of fused-ring (bicyclic) bond motifs is 3. The highest BCUT2D eigenvalue weighted by Gasteiger charge is 2.20. The van der Waals surface area contributed by atoms with E-state index < -0.39 is 0 Å². The van der Waals surface area contributed by atoms with Crippen molar-refractivity contribution in [2.24, 2.45) is 7.05 Å². The van der Waals surface area contributed by atoms with Gasteiger partial charge in [-0.25, -0.2) is 4.79 Å². The normalized spacial score (nSPS) is 11.7. The van der Waals surface area contributed by atoms with Crippen LogP contribution >= 0.6 is 0 Å². The molecule has 7 heteroatoms. The van der Waals surface area contributed by atoms with Gasteiger partial charge in [0, 0.05) is 25.5 Å². The number of imidazole rings is 2. The van der Waals surface area contributed by atoms with E-state index in [1.807, 2.05) is 29.8 Å². The number of aromatic nitrogens is 5. The SMILES string of the molecule is CCn1c(=O)c2c(nc3n(-c4cccc(C)c4C)c(C)cn23)n(C)c1=O. The lowest BCUT2D eigenvalue weighted by Gasteiger charge is -2.11. The Morgan fingerprint density at radius 1 is 1.12 bits per heavy atom. The van der Waals surface area contributed by atoms with Gasteiger partial charge in [0.15, 0.2) is 11.2 Å². The Morgan fingerprint density at radius 2 is 1.85 bits per heavy atom. The lowest BCUT2D eigenvalue weighted by atomic mass is 10.1. The van der Waals surface area contributed by atoms with E-state index in [2.05, 4.69) is 24.9 Å². The zero-order chi connectivity index (χ0) is 18.7. The number of hydrogen-bond donors (Lipinski definition) is 0. The quantitative estimate of drug-likeness (QED) is 0.555. The summed E-state index contributed by atoms with van der Waals surface area (Å²) in [5.74, 6) is 0.632. The molecule has 7 nitrogen and oxygen atoms in total. The fourth-order valence-corrected chi connectivity index (χ4v) is 3.56. The van der Waals surface area contributed by atoms with E-state index in [0.29, 0.717) is 23.5 Å². The Bertz CT molecular complexity index is 1300. The summed E-state index contributed by atoms with van der Waals surface area (Å²) in [4.78, 5) is 29.9. The summed E-state index contributed by atoms with van der Waals surface area (Å²) in [7, 11) is 1.65. The van der Waals surface area contributed by atoms with Crippen LogP contribution in [0.25, 0.3) is 22.6 Å². The van der Waals surface area contributed by atoms with Gasteiger partial charge in [0.1, 0.15) is 0 Å². The van der Waals surface area contributed by atoms with Gasteiger partial charge in [0.25, 0.3) is 5.56 Å². The van der Waals surface area contributed by atoms with Gasteiger partial charge in [0.05, 0.1) is 5.69 Å². The molecular weight excluding hydrogens is 330 g/mol. The molecule has 3 heterocycles. The van der Waals surface area contributed by atoms with Gasteiger partial charge in [-0.15, -0.1) is 0 Å². The smallest absolute Gasteiger partial charge is 0.283 e. The van der Waals surface area contributed by atoms with E-state index in [-0.39, 0.29) is 11.2 Å². The van der Waals surface area contributed by atoms with Crippen molar-refractivity contribution in [3.8, 4) is 5.69 Å². The minimum Gasteiger partial charge on any atom is -0.283 e. The first-order chi connectivity index (χ1) is 12.4. The maximum atomic E-state index is 12.9. The van der Waals surface area contributed by atoms with Crippen LogP contribution in [0.5, 0.6) is 0 Å². The summed E-state index contributed by atoms with van der Waals surface area (Å²) in [5.41, 5.74) is 4.51. The molecule has 3 aromatic heterocycles. The van der Waals surface area contributed by atoms with Gasteiger partial charge in [-0.05, 0) is 44.9 Å². The maximum absolute atomic E-state index is 12.9. The van der Waals surface area contributed by atoms with Crippen LogP contribution in [0.2, 0.25) is 0 Å². The molecule has 4 aromatic rings. The van der Waals surface area contributed by atoms with Crippen LogP contribution in [-0.2, 0) is 13.6 Å². The van der Waals surface area contributed by atoms with E-state index in [0.717, 1.165) is 16.9 Å². The summed E-state index contributed by atoms with van der Waals surface area (Å²) in [6.07, 6.45) is 1.90. The summed E-state index contributed by atoms with van der Waals surface area (Å²) in [6, 6.07) is 6.12. The molecule has 0 aliphatic heterocycles. The van der Waals surface area contributed by atoms with Crippen LogP contribution in [0, 0.1) is 20.8 Å². The third-order valence-corrected chi connectivity index (χ3v) is 5.16. The first-order valence-electron chi connectivity index (χ1n) is 8.63. The van der Waals surface area contributed by atoms with Crippen molar-refractivity contribution < 1.29 is 0 Å². The van der Waals surface area contributed by atoms with Gasteiger partial charge in [0.2, 0.25) is 5.78 Å². The highest BCUT2D eigenvalue weighted by molar-refractivity contribution is 5.76. The van der Waals surface area contributed by atoms with E-state index in [9.17, 15) is 9.59 Å². The lowest BCUT2D eigenvalue weighted by molar-refractivity contribution is 0.637. The van der Waals surface area contributed by atoms with Crippen LogP contribution in [0.3, 0.4) is 0 Å². The molecule has 0 bridgehead atoms. The van der Waals surface area contributed by atoms with Crippen molar-refractivity contribution in [1.82, 2.24) is 23.1 Å². The van der Waals surface area contributed by atoms with E-state index in [1.54, 1.807) is 18.4 Å². The first kappa shape index (κ1) is 16.4. The lowest BCUT2D eigenvalue weighted by Crippen LogP contribution is -2.38. The third kappa shape index (κ3) is 1.97. The minimum atomic E-state index is -0.347. The number of nitrogens with zero attached hydrogens (tertiary/aromatic N) is 5. The second-order valence-corrected chi connectivity index (χ2v) is 6.67. The maximum Gasteiger partial charge on any atom is 0.332 e. The summed E-state index contributed by atoms with van der Waals surface area (Å²) < 4.78 is 6.50. The van der Waals surface area contributed by atoms with Crippen molar-refractivity contribution in [1.29, 1.82) is 0 Å². The fourth-order valence-electron chi connectivity index (χ4n) is 3.56. The van der Waals surface area contributed by atoms with Gasteiger partial charge in [-0.3, -0.25) is 22.9 Å². The number of hydrogen-bond acceptors (Lipinski definition) is 3. The van der Waals surface area contributed by atoms with Crippen molar-refractivity contribution in [2.75, 3.05) is 0 Å². The molecule has 0 fully saturated rings. The van der Waals surface area contributed by atoms with Crippen molar-refractivity contribution in [3.05, 3.63) is 62.1 Å². The van der Waals surface area contributed by atoms with E-state index in [1.165, 1.54) is 14.7 Å². The predicted octanol–water partition coefficient (Wildman–Crippen LogP) is 2.08. The highest BCUT2D eigenvalue weighted by atomic mass is 16.2. The van der Waals surface area contributed by atoms with Gasteiger partial charge < -0.3 is 0 Å². The second-order valence-electron chi connectivity index (χ2n) is 6.67. The first-order valence-corrected chi connectivity index (χ1v) is 8.63. The van der Waals surface area contributed by atoms with E-state index in [4.69, 9.17) is 0 Å². The molecule has 0 radical (unpaired) electrons. The summed E-state index contributed by atoms with van der Waals surface area (Å²) >= 11 is 0. The Kier molecular flexibility index (Phi) is 3.44. The zero-order valence-corrected chi connectivity index (χ0v) is 15.6. The van der Waals surface area contributed by atoms with Gasteiger partial charge >= 0.3 is 5.69 Å². The number of benzene rings is 1. The fraction of sp³-hybridized carbons (Fsp3) is 0.316. The molecule has 0 saturated heterocycles. The third-order valence-electron chi connectivity index (χ3n) is 5.16. The van der Waals surface area contributed by atoms with Crippen LogP contribution in [0.4, 0.5) is 0 Å². The average molecular weight is 351 g/mol. The molecule has 0 unspecified atom stereocenters. The summed E-state index contributed by atoms with van der Waals surface area (Å²) in [6.45, 7) is 8.25. The average Bonchev–Trinajstić information content (AvgIpc) is 3.11. The Labute approximate surface area is 149 Å². The molecule has 0 N–H and O–H groups in total. The number of aryl methyl sites for hydroxylation is 3. The van der Waals surface area contributed by atoms with E-state index >= 15 is 0 Å². The molecule has 26 heavy (non-hydrogen) atoms. The number of rotatable bonds is 2. The predicted molar refractivity (Wildman–Crippen MR) is 101 cm³/mol. The molecule has 0 atom stereocenters. The standard InChI is InChI=1S/C19H21N5O2/c1-6-22-17(25)15-16(21(5)19(22)26)20-18-23(15)10-12(3)24(18)14-9-7-8-11(2)13(14)4/h7-10H,6H2,1-5H3. The molecule has 1 aromatic carbocycles. The van der Waals surface area contributed by atoms with Crippen molar-refractivity contribution in [2.45, 2.75) is 34.2 Å². The van der Waals surface area contributed by atoms with Crippen LogP contribution in [-0.4, -0.2) is 23.1 Å². The molecule has 0 amide bonds. The Balaban J connectivity index is 2.21. The monoisotopic (exact) mass is 351 g/mol. The topological polar surface area (TPSA) is 66.2 Å². The summed E-state index contributed by atoms with van der Waals surface area (Å²) in [5, 5.41) is 0. The molecule has 0 aliphatic rings. The molecule has 4 rings (SSSR count). The highest BCUT2D eigenvalue weighted by Crippen LogP contribution is 2.24. The Hall–Kier alpha value is -3.09. The Morgan fingerprint density at radius 3 is 2.54 bits per heavy atom. The van der Waals surface area contributed by atoms with Gasteiger partial charge in [-0.1, -0.05) is 12.1 Å². The van der Waals surface area contributed by atoms with Gasteiger partial charge in [-0.2, -0.15) is 4.98 Å². The minimum absolute atomic E-state index is 0.309. The second kappa shape index (κ2) is 5.45. The largest absolute Gasteiger partial charge is 0.332 e. The molecular formula is C19H21N5O2. The molecule has 0 spiro atoms. The van der Waals surface area contributed by atoms with Crippen molar-refractivity contribution in [3.63, 3.8) is 0 Å². The molecule has 134 valence electrons. The molecule has 0 saturated carbocycles. The molecule has 0 aliphatic carbocycles.